The molecule has 0 amide bonds. The number of alkyl halides is 1. The average Bonchev–Trinajstić information content (AvgIpc) is 2.51. The van der Waals surface area contributed by atoms with E-state index in [-0.39, 0.29) is 11.2 Å². The molecule has 80 valence electrons. The molecule has 8 heteroatoms. The number of hydrogen-bond acceptors (Lipinski definition) is 5. The second-order valence-corrected chi connectivity index (χ2v) is 5.71. The molecule has 0 atom stereocenters. The molecule has 0 aliphatic rings. The predicted octanol–water partition coefficient (Wildman–Crippen LogP) is 0.192. The number of hydrogen-bond donors (Lipinski definition) is 1. The highest BCUT2D eigenvalue weighted by Crippen LogP contribution is 1.96. The van der Waals surface area contributed by atoms with Gasteiger partial charge in [-0.15, -0.1) is 0 Å². The fourth-order valence-corrected chi connectivity index (χ4v) is 1.78. The van der Waals surface area contributed by atoms with Gasteiger partial charge in [0.2, 0.25) is 15.9 Å². The summed E-state index contributed by atoms with van der Waals surface area (Å²) in [6, 6.07) is 0. The molecule has 1 rings (SSSR count). The maximum Gasteiger partial charge on any atom is 0.223 e. The topological polar surface area (TPSA) is 85.1 Å². The number of halogens is 1. The van der Waals surface area contributed by atoms with Gasteiger partial charge in [-0.3, -0.25) is 0 Å². The van der Waals surface area contributed by atoms with Crippen molar-refractivity contribution >= 4 is 26.0 Å². The Morgan fingerprint density at radius 2 is 2.29 bits per heavy atom. The Morgan fingerprint density at radius 1 is 1.57 bits per heavy atom. The quantitative estimate of drug-likeness (QED) is 0.780. The fourth-order valence-electron chi connectivity index (χ4n) is 0.800. The van der Waals surface area contributed by atoms with Gasteiger partial charge < -0.3 is 4.52 Å². The summed E-state index contributed by atoms with van der Waals surface area (Å²) < 4.78 is 28.9. The van der Waals surface area contributed by atoms with Gasteiger partial charge in [0.25, 0.3) is 0 Å². The van der Waals surface area contributed by atoms with Crippen molar-refractivity contribution in [2.45, 2.75) is 13.3 Å². The van der Waals surface area contributed by atoms with E-state index in [1.54, 1.807) is 6.92 Å². The van der Waals surface area contributed by atoms with Crippen LogP contribution in [0.2, 0.25) is 0 Å². The highest BCUT2D eigenvalue weighted by molar-refractivity contribution is 9.10. The van der Waals surface area contributed by atoms with Crippen LogP contribution in [0.1, 0.15) is 11.7 Å². The maximum absolute atomic E-state index is 11.0. The Labute approximate surface area is 90.3 Å². The first-order valence-corrected chi connectivity index (χ1v) is 6.63. The van der Waals surface area contributed by atoms with Crippen LogP contribution in [0.4, 0.5) is 0 Å². The molecule has 1 N–H and O–H groups in total. The summed E-state index contributed by atoms with van der Waals surface area (Å²) in [5.74, 6) is 0.975. The molecule has 6 nitrogen and oxygen atoms in total. The molecule has 0 spiro atoms. The summed E-state index contributed by atoms with van der Waals surface area (Å²) in [5, 5.41) is 3.63. The Kier molecular flexibility index (Phi) is 4.02. The normalized spacial score (nSPS) is 11.9. The lowest BCUT2D eigenvalue weighted by Crippen LogP contribution is -2.26. The summed E-state index contributed by atoms with van der Waals surface area (Å²) in [6.07, 6.45) is 0.420. The minimum atomic E-state index is -3.20. The third-order valence-corrected chi connectivity index (χ3v) is 4.12. The van der Waals surface area contributed by atoms with Crippen LogP contribution in [0.25, 0.3) is 0 Å². The fraction of sp³-hybridized carbons (Fsp3) is 0.667. The van der Waals surface area contributed by atoms with Crippen LogP contribution >= 0.6 is 15.9 Å². The van der Waals surface area contributed by atoms with Crippen molar-refractivity contribution in [3.8, 4) is 0 Å². The molecule has 1 aromatic heterocycles. The van der Waals surface area contributed by atoms with Crippen molar-refractivity contribution < 1.29 is 12.9 Å². The second-order valence-electron chi connectivity index (χ2n) is 2.60. The zero-order valence-corrected chi connectivity index (χ0v) is 9.93. The number of nitrogens with one attached hydrogen (secondary N) is 1. The predicted molar refractivity (Wildman–Crippen MR) is 53.5 cm³/mol. The molecule has 0 aromatic carbocycles. The molecule has 0 aliphatic carbocycles. The third kappa shape index (κ3) is 3.72. The largest absolute Gasteiger partial charge is 0.340 e. The van der Waals surface area contributed by atoms with Crippen molar-refractivity contribution in [2.75, 3.05) is 11.2 Å². The van der Waals surface area contributed by atoms with E-state index in [0.717, 1.165) is 0 Å². The molecule has 0 unspecified atom stereocenters. The van der Waals surface area contributed by atoms with E-state index in [9.17, 15) is 8.42 Å². The van der Waals surface area contributed by atoms with Crippen LogP contribution in [0.5, 0.6) is 0 Å². The Bertz CT molecular complexity index is 389. The van der Waals surface area contributed by atoms with Gasteiger partial charge in [-0.25, -0.2) is 13.1 Å². The van der Waals surface area contributed by atoms with Gasteiger partial charge in [-0.05, 0) is 0 Å². The molecule has 1 heterocycles. The lowest BCUT2D eigenvalue weighted by molar-refractivity contribution is 0.387. The van der Waals surface area contributed by atoms with E-state index >= 15 is 0 Å². The average molecular weight is 284 g/mol. The van der Waals surface area contributed by atoms with Gasteiger partial charge >= 0.3 is 0 Å². The van der Waals surface area contributed by atoms with E-state index in [0.29, 0.717) is 18.1 Å². The van der Waals surface area contributed by atoms with Gasteiger partial charge in [0.15, 0.2) is 5.82 Å². The smallest absolute Gasteiger partial charge is 0.223 e. The number of rotatable bonds is 5. The van der Waals surface area contributed by atoms with Gasteiger partial charge in [-0.1, -0.05) is 21.1 Å². The maximum atomic E-state index is 11.0. The third-order valence-electron chi connectivity index (χ3n) is 1.38. The zero-order valence-electron chi connectivity index (χ0n) is 7.53. The molecule has 14 heavy (non-hydrogen) atoms. The molecule has 0 saturated carbocycles. The lowest BCUT2D eigenvalue weighted by atomic mass is 10.4. The van der Waals surface area contributed by atoms with E-state index < -0.39 is 10.0 Å². The summed E-state index contributed by atoms with van der Waals surface area (Å²) in [7, 11) is -3.20. The summed E-state index contributed by atoms with van der Waals surface area (Å²) in [4.78, 5) is 3.93. The van der Waals surface area contributed by atoms with E-state index in [1.165, 1.54) is 0 Å². The van der Waals surface area contributed by atoms with Gasteiger partial charge in [0, 0.05) is 19.9 Å². The number of aryl methyl sites for hydroxylation is 1. The Hall–Kier alpha value is -0.470. The van der Waals surface area contributed by atoms with E-state index in [1.807, 2.05) is 0 Å². The first-order valence-electron chi connectivity index (χ1n) is 3.86. The first kappa shape index (κ1) is 11.6. The molecule has 0 bridgehead atoms. The minimum Gasteiger partial charge on any atom is -0.340 e. The van der Waals surface area contributed by atoms with Crippen LogP contribution in [-0.4, -0.2) is 29.8 Å². The van der Waals surface area contributed by atoms with Crippen LogP contribution in [0.3, 0.4) is 0 Å². The summed E-state index contributed by atoms with van der Waals surface area (Å²) in [5.41, 5.74) is 0. The highest BCUT2D eigenvalue weighted by atomic mass is 79.9. The van der Waals surface area contributed by atoms with Crippen molar-refractivity contribution in [3.05, 3.63) is 11.7 Å². The summed E-state index contributed by atoms with van der Waals surface area (Å²) in [6.45, 7) is 1.95. The molecule has 0 aliphatic heterocycles. The summed E-state index contributed by atoms with van der Waals surface area (Å²) >= 11 is 2.86. The van der Waals surface area contributed by atoms with Crippen molar-refractivity contribution in [3.63, 3.8) is 0 Å². The van der Waals surface area contributed by atoms with E-state index in [2.05, 4.69) is 30.8 Å². The second kappa shape index (κ2) is 4.85. The van der Waals surface area contributed by atoms with Gasteiger partial charge in [-0.2, -0.15) is 4.98 Å². The van der Waals surface area contributed by atoms with Crippen molar-refractivity contribution in [2.24, 2.45) is 0 Å². The van der Waals surface area contributed by atoms with E-state index in [4.69, 9.17) is 4.52 Å². The van der Waals surface area contributed by atoms with Gasteiger partial charge in [0.1, 0.15) is 4.66 Å². The van der Waals surface area contributed by atoms with Crippen LogP contribution in [-0.2, 0) is 16.4 Å². The highest BCUT2D eigenvalue weighted by Gasteiger charge is 2.08. The van der Waals surface area contributed by atoms with Gasteiger partial charge in [0.05, 0.1) is 0 Å². The first-order chi connectivity index (χ1) is 6.53. The standard InChI is InChI=1S/C6H10BrN3O3S/c1-5-9-6(10-13-5)2-3-8-14(11,12)4-7/h8H,2-4H2,1H3. The molecule has 0 saturated heterocycles. The van der Waals surface area contributed by atoms with Crippen molar-refractivity contribution in [1.29, 1.82) is 0 Å². The number of sulfonamides is 1. The molecule has 0 radical (unpaired) electrons. The lowest BCUT2D eigenvalue weighted by Gasteiger charge is -2.00. The molecular formula is C6H10BrN3O3S. The minimum absolute atomic E-state index is 0.106. The Morgan fingerprint density at radius 3 is 2.79 bits per heavy atom. The molecule has 1 aromatic rings. The number of aromatic nitrogens is 2. The van der Waals surface area contributed by atoms with Crippen LogP contribution < -0.4 is 4.72 Å². The van der Waals surface area contributed by atoms with Crippen LogP contribution in [0, 0.1) is 6.92 Å². The van der Waals surface area contributed by atoms with Crippen molar-refractivity contribution in [1.82, 2.24) is 14.9 Å². The van der Waals surface area contributed by atoms with Crippen LogP contribution in [0.15, 0.2) is 4.52 Å². The zero-order chi connectivity index (χ0) is 10.6. The molecule has 0 fully saturated rings. The molecular weight excluding hydrogens is 274 g/mol. The SMILES string of the molecule is Cc1nc(CCNS(=O)(=O)CBr)no1. The number of nitrogens with zero attached hydrogens (tertiary/aromatic N) is 2. The monoisotopic (exact) mass is 283 g/mol. The Balaban J connectivity index is 2.36.